The van der Waals surface area contributed by atoms with Crippen molar-refractivity contribution < 1.29 is 22.7 Å². The van der Waals surface area contributed by atoms with Crippen LogP contribution >= 0.6 is 0 Å². The molecular weight excluding hydrogens is 449 g/mol. The van der Waals surface area contributed by atoms with Gasteiger partial charge in [-0.1, -0.05) is 12.6 Å². The van der Waals surface area contributed by atoms with E-state index >= 15 is 0 Å². The zero-order valence-electron chi connectivity index (χ0n) is 18.8. The van der Waals surface area contributed by atoms with Gasteiger partial charge in [-0.3, -0.25) is 5.32 Å². The minimum Gasteiger partial charge on any atom is -0.453 e. The first kappa shape index (κ1) is 23.6. The van der Waals surface area contributed by atoms with E-state index in [1.165, 1.54) is 13.3 Å². The van der Waals surface area contributed by atoms with Crippen molar-refractivity contribution in [2.24, 2.45) is 0 Å². The van der Waals surface area contributed by atoms with Crippen molar-refractivity contribution in [3.63, 3.8) is 0 Å². The van der Waals surface area contributed by atoms with E-state index in [4.69, 9.17) is 0 Å². The summed E-state index contributed by atoms with van der Waals surface area (Å²) in [5.41, 5.74) is 1.21. The lowest BCUT2D eigenvalue weighted by Crippen LogP contribution is -2.38. The molecule has 1 aliphatic heterocycles. The Morgan fingerprint density at radius 2 is 2.12 bits per heavy atom. The van der Waals surface area contributed by atoms with Gasteiger partial charge in [-0.05, 0) is 37.9 Å². The van der Waals surface area contributed by atoms with Crippen molar-refractivity contribution in [1.29, 1.82) is 0 Å². The molecule has 1 fully saturated rings. The van der Waals surface area contributed by atoms with Crippen LogP contribution in [0.25, 0.3) is 27.7 Å². The van der Waals surface area contributed by atoms with Crippen molar-refractivity contribution >= 4 is 34.2 Å². The van der Waals surface area contributed by atoms with Gasteiger partial charge in [0.15, 0.2) is 0 Å². The number of nitrogens with zero attached hydrogens (tertiary/aromatic N) is 2. The van der Waals surface area contributed by atoms with E-state index in [0.717, 1.165) is 25.6 Å². The summed E-state index contributed by atoms with van der Waals surface area (Å²) < 4.78 is 46.3. The SMILES string of the molecule is C=C(C)c1c(NC(=O)OC)ccc2c(-c3nc(N[C@H]4CCCNC4)ncc3C(F)(F)F)c[nH]c12. The molecule has 0 bridgehead atoms. The van der Waals surface area contributed by atoms with E-state index < -0.39 is 17.8 Å². The summed E-state index contributed by atoms with van der Waals surface area (Å²) in [5, 5.41) is 9.50. The zero-order chi connectivity index (χ0) is 24.5. The number of hydrogen-bond acceptors (Lipinski definition) is 6. The summed E-state index contributed by atoms with van der Waals surface area (Å²) in [6.07, 6.45) is -1.20. The first-order valence-corrected chi connectivity index (χ1v) is 10.8. The zero-order valence-corrected chi connectivity index (χ0v) is 18.8. The second-order valence-electron chi connectivity index (χ2n) is 8.15. The Morgan fingerprint density at radius 3 is 2.76 bits per heavy atom. The van der Waals surface area contributed by atoms with Crippen LogP contribution < -0.4 is 16.0 Å². The Bertz CT molecular complexity index is 1230. The van der Waals surface area contributed by atoms with E-state index in [9.17, 15) is 18.0 Å². The monoisotopic (exact) mass is 474 g/mol. The van der Waals surface area contributed by atoms with Crippen molar-refractivity contribution in [3.05, 3.63) is 42.2 Å². The Labute approximate surface area is 194 Å². The summed E-state index contributed by atoms with van der Waals surface area (Å²) >= 11 is 0. The number of fused-ring (bicyclic) bond motifs is 1. The Balaban J connectivity index is 1.83. The van der Waals surface area contributed by atoms with Crippen LogP contribution in [0.2, 0.25) is 0 Å². The highest BCUT2D eigenvalue weighted by Gasteiger charge is 2.36. The maximum absolute atomic E-state index is 13.9. The number of piperidine rings is 1. The molecule has 1 aliphatic rings. The van der Waals surface area contributed by atoms with E-state index in [2.05, 4.69) is 42.2 Å². The van der Waals surface area contributed by atoms with E-state index in [0.29, 0.717) is 34.3 Å². The number of amides is 1. The number of ether oxygens (including phenoxy) is 1. The lowest BCUT2D eigenvalue weighted by Gasteiger charge is -2.24. The number of carbonyl (C=O) groups excluding carboxylic acids is 1. The van der Waals surface area contributed by atoms with Gasteiger partial charge in [-0.2, -0.15) is 13.2 Å². The molecule has 2 aromatic heterocycles. The van der Waals surface area contributed by atoms with Crippen LogP contribution in [0.5, 0.6) is 0 Å². The summed E-state index contributed by atoms with van der Waals surface area (Å²) in [6.45, 7) is 7.29. The summed E-state index contributed by atoms with van der Waals surface area (Å²) in [4.78, 5) is 23.0. The maximum atomic E-state index is 13.9. The molecule has 8 nitrogen and oxygen atoms in total. The van der Waals surface area contributed by atoms with Crippen LogP contribution in [0.1, 0.15) is 30.9 Å². The van der Waals surface area contributed by atoms with Crippen molar-refractivity contribution in [2.45, 2.75) is 32.0 Å². The molecule has 180 valence electrons. The summed E-state index contributed by atoms with van der Waals surface area (Å²) in [6, 6.07) is 3.25. The average molecular weight is 474 g/mol. The third-order valence-corrected chi connectivity index (χ3v) is 5.68. The fourth-order valence-electron chi connectivity index (χ4n) is 4.13. The number of rotatable bonds is 5. The molecule has 3 heterocycles. The Morgan fingerprint density at radius 1 is 1.32 bits per heavy atom. The molecule has 3 aromatic rings. The van der Waals surface area contributed by atoms with E-state index in [1.807, 2.05) is 0 Å². The molecule has 0 aliphatic carbocycles. The number of nitrogens with one attached hydrogen (secondary N) is 4. The lowest BCUT2D eigenvalue weighted by atomic mass is 9.99. The third kappa shape index (κ3) is 4.69. The minimum absolute atomic E-state index is 0.0308. The van der Waals surface area contributed by atoms with Crippen LogP contribution in [-0.4, -0.2) is 47.3 Å². The minimum atomic E-state index is -4.65. The molecule has 4 N–H and O–H groups in total. The molecule has 1 atom stereocenters. The van der Waals surface area contributed by atoms with Gasteiger partial charge in [0.25, 0.3) is 0 Å². The lowest BCUT2D eigenvalue weighted by molar-refractivity contribution is -0.137. The molecular formula is C23H25F3N6O2. The van der Waals surface area contributed by atoms with Gasteiger partial charge in [0.1, 0.15) is 5.56 Å². The number of carbonyl (C=O) groups is 1. The standard InChI is InChI=1S/C23H25F3N6O2/c1-12(2)18-17(31-22(33)34-3)7-6-14-15(10-28-20(14)18)19-16(23(24,25)26)11-29-21(32-19)30-13-5-4-8-27-9-13/h6-7,10-11,13,27-28H,1,4-5,8-9H2,2-3H3,(H,31,33)(H,29,30,32)/t13-/m0/s1. The molecule has 4 rings (SSSR count). The number of halogens is 3. The second-order valence-corrected chi connectivity index (χ2v) is 8.15. The number of hydrogen-bond donors (Lipinski definition) is 4. The van der Waals surface area contributed by atoms with Gasteiger partial charge in [-0.25, -0.2) is 14.8 Å². The molecule has 11 heteroatoms. The molecule has 1 saturated heterocycles. The highest BCUT2D eigenvalue weighted by molar-refractivity contribution is 6.05. The van der Waals surface area contributed by atoms with E-state index in [1.54, 1.807) is 19.1 Å². The van der Waals surface area contributed by atoms with E-state index in [-0.39, 0.29) is 23.2 Å². The Hall–Kier alpha value is -3.60. The smallest absolute Gasteiger partial charge is 0.419 e. The van der Waals surface area contributed by atoms with Gasteiger partial charge in [-0.15, -0.1) is 0 Å². The van der Waals surface area contributed by atoms with Crippen molar-refractivity contribution in [3.8, 4) is 11.3 Å². The van der Waals surface area contributed by atoms with Gasteiger partial charge in [0, 0.05) is 41.5 Å². The predicted octanol–water partition coefficient (Wildman–Crippen LogP) is 5.02. The van der Waals surface area contributed by atoms with Crippen molar-refractivity contribution in [2.75, 3.05) is 30.8 Å². The van der Waals surface area contributed by atoms with Crippen LogP contribution in [-0.2, 0) is 10.9 Å². The number of aromatic amines is 1. The van der Waals surface area contributed by atoms with Crippen LogP contribution in [0, 0.1) is 0 Å². The summed E-state index contributed by atoms with van der Waals surface area (Å²) in [5.74, 6) is 0.134. The predicted molar refractivity (Wildman–Crippen MR) is 125 cm³/mol. The number of benzene rings is 1. The molecule has 0 unspecified atom stereocenters. The summed E-state index contributed by atoms with van der Waals surface area (Å²) in [7, 11) is 1.24. The van der Waals surface area contributed by atoms with Crippen LogP contribution in [0.4, 0.5) is 29.6 Å². The third-order valence-electron chi connectivity index (χ3n) is 5.68. The normalized spacial score (nSPS) is 16.3. The number of anilines is 2. The molecule has 0 radical (unpaired) electrons. The van der Waals surface area contributed by atoms with Crippen LogP contribution in [0.15, 0.2) is 31.1 Å². The fourth-order valence-corrected chi connectivity index (χ4v) is 4.13. The first-order chi connectivity index (χ1) is 16.2. The number of H-pyrrole nitrogens is 1. The molecule has 0 saturated carbocycles. The van der Waals surface area contributed by atoms with Crippen molar-refractivity contribution in [1.82, 2.24) is 20.3 Å². The Kier molecular flexibility index (Phi) is 6.47. The number of methoxy groups -OCH3 is 1. The number of aromatic nitrogens is 3. The molecule has 1 aromatic carbocycles. The topological polar surface area (TPSA) is 104 Å². The highest BCUT2D eigenvalue weighted by atomic mass is 19.4. The number of alkyl halides is 3. The quantitative estimate of drug-likeness (QED) is 0.414. The molecule has 0 spiro atoms. The highest BCUT2D eigenvalue weighted by Crippen LogP contribution is 2.41. The molecule has 34 heavy (non-hydrogen) atoms. The first-order valence-electron chi connectivity index (χ1n) is 10.8. The number of allylic oxidation sites excluding steroid dienone is 1. The van der Waals surface area contributed by atoms with Gasteiger partial charge < -0.3 is 20.4 Å². The van der Waals surface area contributed by atoms with Gasteiger partial charge >= 0.3 is 12.3 Å². The largest absolute Gasteiger partial charge is 0.453 e. The molecule has 1 amide bonds. The maximum Gasteiger partial charge on any atom is 0.419 e. The van der Waals surface area contributed by atoms with Gasteiger partial charge in [0.2, 0.25) is 5.95 Å². The average Bonchev–Trinajstić information content (AvgIpc) is 3.22. The second kappa shape index (κ2) is 9.34. The van der Waals surface area contributed by atoms with Crippen LogP contribution in [0.3, 0.4) is 0 Å². The van der Waals surface area contributed by atoms with Gasteiger partial charge in [0.05, 0.1) is 24.0 Å². The fraction of sp³-hybridized carbons (Fsp3) is 0.348.